The molecule has 3 atom stereocenters. The van der Waals surface area contributed by atoms with E-state index in [1.165, 1.54) is 19.3 Å². The molecular formula is C12H18BrF3O. The third-order valence-corrected chi connectivity index (χ3v) is 5.50. The van der Waals surface area contributed by atoms with Crippen LogP contribution in [0.3, 0.4) is 0 Å². The quantitative estimate of drug-likeness (QED) is 0.547. The van der Waals surface area contributed by atoms with Crippen molar-refractivity contribution in [2.45, 2.75) is 38.3 Å². The minimum Gasteiger partial charge on any atom is -0.372 e. The molecule has 100 valence electrons. The number of hydrogen-bond acceptors (Lipinski definition) is 1. The van der Waals surface area contributed by atoms with Crippen molar-refractivity contribution < 1.29 is 17.9 Å². The molecule has 17 heavy (non-hydrogen) atoms. The minimum atomic E-state index is -4.20. The predicted molar refractivity (Wildman–Crippen MR) is 63.2 cm³/mol. The second kappa shape index (κ2) is 5.08. The lowest BCUT2D eigenvalue weighted by atomic mass is 9.72. The molecule has 0 aromatic carbocycles. The van der Waals surface area contributed by atoms with Crippen LogP contribution >= 0.6 is 15.9 Å². The first-order valence-electron chi connectivity index (χ1n) is 6.16. The monoisotopic (exact) mass is 314 g/mol. The fourth-order valence-electron chi connectivity index (χ4n) is 3.56. The minimum absolute atomic E-state index is 0.203. The van der Waals surface area contributed by atoms with Crippen LogP contribution in [0.2, 0.25) is 0 Å². The number of rotatable bonds is 5. The van der Waals surface area contributed by atoms with Crippen LogP contribution in [0.25, 0.3) is 0 Å². The second-order valence-corrected chi connectivity index (χ2v) is 6.05. The molecule has 0 radical (unpaired) electrons. The molecule has 2 aliphatic rings. The number of hydrogen-bond donors (Lipinski definition) is 0. The van der Waals surface area contributed by atoms with Gasteiger partial charge in [-0.05, 0) is 42.9 Å². The van der Waals surface area contributed by atoms with Gasteiger partial charge in [-0.25, -0.2) is 0 Å². The third-order valence-electron chi connectivity index (χ3n) is 4.38. The maximum absolute atomic E-state index is 11.9. The Morgan fingerprint density at radius 3 is 2.53 bits per heavy atom. The molecule has 0 spiro atoms. The first-order chi connectivity index (χ1) is 7.95. The van der Waals surface area contributed by atoms with Crippen LogP contribution in [-0.2, 0) is 4.74 Å². The van der Waals surface area contributed by atoms with Crippen LogP contribution in [0.5, 0.6) is 0 Å². The number of fused-ring (bicyclic) bond motifs is 2. The van der Waals surface area contributed by atoms with Crippen molar-refractivity contribution in [3.05, 3.63) is 0 Å². The van der Waals surface area contributed by atoms with E-state index in [1.54, 1.807) is 0 Å². The first-order valence-corrected chi connectivity index (χ1v) is 7.28. The maximum Gasteiger partial charge on any atom is 0.411 e. The van der Waals surface area contributed by atoms with Gasteiger partial charge in [0.2, 0.25) is 0 Å². The van der Waals surface area contributed by atoms with Gasteiger partial charge in [0.05, 0.1) is 0 Å². The summed E-state index contributed by atoms with van der Waals surface area (Å²) in [6.45, 7) is -0.881. The molecule has 5 heteroatoms. The Labute approximate surface area is 108 Å². The van der Waals surface area contributed by atoms with Crippen LogP contribution < -0.4 is 0 Å². The van der Waals surface area contributed by atoms with Gasteiger partial charge < -0.3 is 4.74 Å². The Balaban J connectivity index is 1.77. The van der Waals surface area contributed by atoms with Crippen molar-refractivity contribution in [2.75, 3.05) is 18.5 Å². The molecule has 2 rings (SSSR count). The summed E-state index contributed by atoms with van der Waals surface area (Å²) in [5.41, 5.74) is 0.203. The normalized spacial score (nSPS) is 36.7. The molecule has 0 amide bonds. The lowest BCUT2D eigenvalue weighted by Gasteiger charge is -2.36. The zero-order chi connectivity index (χ0) is 12.5. The molecule has 0 aromatic rings. The van der Waals surface area contributed by atoms with E-state index in [1.807, 2.05) is 0 Å². The highest BCUT2D eigenvalue weighted by Gasteiger charge is 2.49. The predicted octanol–water partition coefficient (Wildman–Crippen LogP) is 4.16. The molecule has 2 aliphatic carbocycles. The van der Waals surface area contributed by atoms with Gasteiger partial charge in [0.15, 0.2) is 0 Å². The molecule has 0 N–H and O–H groups in total. The Hall–Kier alpha value is 0.230. The van der Waals surface area contributed by atoms with Gasteiger partial charge in [-0.1, -0.05) is 22.4 Å². The van der Waals surface area contributed by atoms with Crippen molar-refractivity contribution in [1.82, 2.24) is 0 Å². The van der Waals surface area contributed by atoms with Gasteiger partial charge in [0, 0.05) is 11.9 Å². The average molecular weight is 315 g/mol. The number of ether oxygens (including phenoxy) is 1. The van der Waals surface area contributed by atoms with Crippen LogP contribution in [0, 0.1) is 17.3 Å². The largest absolute Gasteiger partial charge is 0.411 e. The zero-order valence-electron chi connectivity index (χ0n) is 9.73. The smallest absolute Gasteiger partial charge is 0.372 e. The van der Waals surface area contributed by atoms with Crippen LogP contribution in [0.15, 0.2) is 0 Å². The molecule has 2 fully saturated rings. The van der Waals surface area contributed by atoms with Gasteiger partial charge in [0.25, 0.3) is 0 Å². The zero-order valence-corrected chi connectivity index (χ0v) is 11.3. The summed E-state index contributed by atoms with van der Waals surface area (Å²) in [6.07, 6.45) is 1.55. The molecule has 0 heterocycles. The van der Waals surface area contributed by atoms with Gasteiger partial charge >= 0.3 is 6.18 Å². The topological polar surface area (TPSA) is 9.23 Å². The summed E-state index contributed by atoms with van der Waals surface area (Å²) < 4.78 is 40.6. The lowest BCUT2D eigenvalue weighted by molar-refractivity contribution is -0.175. The van der Waals surface area contributed by atoms with Crippen molar-refractivity contribution in [3.8, 4) is 0 Å². The molecule has 0 aromatic heterocycles. The molecule has 2 bridgehead atoms. The van der Waals surface area contributed by atoms with Crippen molar-refractivity contribution >= 4 is 15.9 Å². The Morgan fingerprint density at radius 1 is 1.29 bits per heavy atom. The van der Waals surface area contributed by atoms with Crippen molar-refractivity contribution in [2.24, 2.45) is 17.3 Å². The van der Waals surface area contributed by atoms with Crippen molar-refractivity contribution in [3.63, 3.8) is 0 Å². The van der Waals surface area contributed by atoms with E-state index >= 15 is 0 Å². The SMILES string of the molecule is FC(F)(F)COCCC1(CBr)CC2CCC1C2. The van der Waals surface area contributed by atoms with Crippen molar-refractivity contribution in [1.29, 1.82) is 0 Å². The molecule has 1 nitrogen and oxygen atoms in total. The Morgan fingerprint density at radius 2 is 2.06 bits per heavy atom. The highest BCUT2D eigenvalue weighted by molar-refractivity contribution is 9.09. The van der Waals surface area contributed by atoms with E-state index < -0.39 is 12.8 Å². The summed E-state index contributed by atoms with van der Waals surface area (Å²) in [6, 6.07) is 0. The van der Waals surface area contributed by atoms with Crippen LogP contribution in [-0.4, -0.2) is 24.7 Å². The maximum atomic E-state index is 11.9. The van der Waals surface area contributed by atoms with Gasteiger partial charge in [0.1, 0.15) is 6.61 Å². The second-order valence-electron chi connectivity index (χ2n) is 5.49. The van der Waals surface area contributed by atoms with E-state index in [4.69, 9.17) is 4.74 Å². The number of halogens is 4. The van der Waals surface area contributed by atoms with Gasteiger partial charge in [-0.15, -0.1) is 0 Å². The van der Waals surface area contributed by atoms with Gasteiger partial charge in [-0.2, -0.15) is 13.2 Å². The highest BCUT2D eigenvalue weighted by atomic mass is 79.9. The molecular weight excluding hydrogens is 297 g/mol. The van der Waals surface area contributed by atoms with Gasteiger partial charge in [-0.3, -0.25) is 0 Å². The summed E-state index contributed by atoms with van der Waals surface area (Å²) in [5, 5.41) is 0.899. The van der Waals surface area contributed by atoms with E-state index in [-0.39, 0.29) is 12.0 Å². The fourth-order valence-corrected chi connectivity index (χ4v) is 4.53. The summed E-state index contributed by atoms with van der Waals surface area (Å²) in [7, 11) is 0. The molecule has 3 unspecified atom stereocenters. The average Bonchev–Trinajstić information content (AvgIpc) is 2.83. The highest BCUT2D eigenvalue weighted by Crippen LogP contribution is 2.58. The summed E-state index contributed by atoms with van der Waals surface area (Å²) >= 11 is 3.55. The molecule has 0 saturated heterocycles. The van der Waals surface area contributed by atoms with E-state index in [9.17, 15) is 13.2 Å². The van der Waals surface area contributed by atoms with Crippen LogP contribution in [0.4, 0.5) is 13.2 Å². The Kier molecular flexibility index (Phi) is 4.08. The number of alkyl halides is 4. The molecule has 2 saturated carbocycles. The standard InChI is InChI=1S/C12H18BrF3O/c13-7-11(3-4-17-8-12(14,15)16)6-9-1-2-10(11)5-9/h9-10H,1-8H2. The van der Waals surface area contributed by atoms with E-state index in [0.717, 1.165) is 24.1 Å². The summed E-state index contributed by atoms with van der Waals surface area (Å²) in [4.78, 5) is 0. The summed E-state index contributed by atoms with van der Waals surface area (Å²) in [5.74, 6) is 1.50. The van der Waals surface area contributed by atoms with E-state index in [0.29, 0.717) is 5.92 Å². The third kappa shape index (κ3) is 3.16. The fraction of sp³-hybridized carbons (Fsp3) is 1.00. The first kappa shape index (κ1) is 13.7. The Bertz CT molecular complexity index is 269. The lowest BCUT2D eigenvalue weighted by Crippen LogP contribution is -2.31. The van der Waals surface area contributed by atoms with E-state index in [2.05, 4.69) is 15.9 Å². The molecule has 0 aliphatic heterocycles. The van der Waals surface area contributed by atoms with Crippen LogP contribution in [0.1, 0.15) is 32.1 Å².